The van der Waals surface area contributed by atoms with Gasteiger partial charge < -0.3 is 89.6 Å². The van der Waals surface area contributed by atoms with Crippen molar-refractivity contribution in [2.24, 2.45) is 52.9 Å². The van der Waals surface area contributed by atoms with E-state index in [1.54, 1.807) is 0 Å². The molecule has 113 heavy (non-hydrogen) atoms. The van der Waals surface area contributed by atoms with Gasteiger partial charge in [0.25, 0.3) is 0 Å². The number of ketones is 3. The molecule has 12 aliphatic rings. The van der Waals surface area contributed by atoms with Gasteiger partial charge in [-0.25, -0.2) is 0 Å². The average molecular weight is 1610 g/mol. The number of ether oxygens (including phenoxy) is 3. The number of amides is 3. The minimum Gasteiger partial charge on any atom is -0.481 e. The molecule has 1 aromatic carbocycles. The maximum absolute atomic E-state index is 12.1. The molecule has 0 bridgehead atoms. The van der Waals surface area contributed by atoms with Crippen molar-refractivity contribution in [3.05, 3.63) is 35.9 Å². The van der Waals surface area contributed by atoms with Gasteiger partial charge >= 0.3 is 18.1 Å². The van der Waals surface area contributed by atoms with E-state index in [4.69, 9.17) is 26.0 Å². The van der Waals surface area contributed by atoms with Crippen molar-refractivity contribution in [3.8, 4) is 0 Å². The van der Waals surface area contributed by atoms with Crippen LogP contribution in [0.25, 0.3) is 0 Å². The first-order valence-electron chi connectivity index (χ1n) is 42.4. The van der Waals surface area contributed by atoms with Gasteiger partial charge in [-0.2, -0.15) is 13.2 Å². The summed E-state index contributed by atoms with van der Waals surface area (Å²) in [6.07, 6.45) is 16.1. The largest absolute Gasteiger partial charge is 0.481 e. The number of nitrogens with two attached hydrogens (primary N) is 2. The number of hydrogen-bond donors (Lipinski definition) is 3. The third-order valence-electron chi connectivity index (χ3n) is 24.2. The van der Waals surface area contributed by atoms with Crippen molar-refractivity contribution in [1.82, 2.24) is 58.8 Å². The highest BCUT2D eigenvalue weighted by Gasteiger charge is 2.41. The van der Waals surface area contributed by atoms with Crippen LogP contribution in [0.1, 0.15) is 159 Å². The lowest BCUT2D eigenvalue weighted by Gasteiger charge is -2.35. The van der Waals surface area contributed by atoms with E-state index in [1.165, 1.54) is 59.0 Å². The van der Waals surface area contributed by atoms with Crippen molar-refractivity contribution in [1.29, 1.82) is 0 Å². The molecule has 650 valence electrons. The molecule has 12 aliphatic heterocycles. The molecule has 0 aliphatic carbocycles. The second kappa shape index (κ2) is 54.0. The molecule has 0 radical (unpaired) electrons. The molecule has 0 aromatic heterocycles. The van der Waals surface area contributed by atoms with Crippen molar-refractivity contribution in [3.63, 3.8) is 0 Å². The number of carboxylic acid groups (broad SMARTS) is 1. The van der Waals surface area contributed by atoms with E-state index in [1.807, 2.05) is 94.1 Å². The molecule has 0 saturated carbocycles. The highest BCUT2D eigenvalue weighted by atomic mass is 19.4. The van der Waals surface area contributed by atoms with E-state index in [9.17, 15) is 51.5 Å². The van der Waals surface area contributed by atoms with Gasteiger partial charge in [0.1, 0.15) is 17.5 Å². The smallest absolute Gasteiger partial charge is 0.391 e. The number of carboxylic acids is 1. The molecule has 3 atom stereocenters. The zero-order chi connectivity index (χ0) is 83.6. The number of piperidine rings is 10. The van der Waals surface area contributed by atoms with Crippen LogP contribution in [-0.2, 0) is 47.8 Å². The summed E-state index contributed by atoms with van der Waals surface area (Å²) in [5.74, 6) is -1.41. The maximum Gasteiger partial charge on any atom is 0.391 e. The molecule has 12 heterocycles. The molecule has 29 heteroatoms. The van der Waals surface area contributed by atoms with Crippen LogP contribution in [0.3, 0.4) is 0 Å². The van der Waals surface area contributed by atoms with Gasteiger partial charge in [-0.15, -0.1) is 0 Å². The number of halogens is 3. The van der Waals surface area contributed by atoms with Crippen molar-refractivity contribution < 1.29 is 70.8 Å². The Kier molecular flexibility index (Phi) is 47.9. The Balaban J connectivity index is 0.000000266. The summed E-state index contributed by atoms with van der Waals surface area (Å²) >= 11 is 0. The summed E-state index contributed by atoms with van der Waals surface area (Å²) in [7, 11) is 21.8. The Bertz CT molecular complexity index is 2800. The summed E-state index contributed by atoms with van der Waals surface area (Å²) in [6, 6.07) is 10.6. The van der Waals surface area contributed by atoms with Crippen LogP contribution in [0.5, 0.6) is 0 Å². The summed E-state index contributed by atoms with van der Waals surface area (Å²) in [5, 5.41) is 8.61. The predicted molar refractivity (Wildman–Crippen MR) is 439 cm³/mol. The monoisotopic (exact) mass is 1610 g/mol. The van der Waals surface area contributed by atoms with Gasteiger partial charge in [-0.1, -0.05) is 30.3 Å². The summed E-state index contributed by atoms with van der Waals surface area (Å²) < 4.78 is 51.8. The van der Waals surface area contributed by atoms with Crippen LogP contribution in [0.2, 0.25) is 0 Å². The number of likely N-dealkylation sites (tertiary alicyclic amines) is 11. The second-order valence-corrected chi connectivity index (χ2v) is 33.5. The fourth-order valence-corrected chi connectivity index (χ4v) is 16.0. The molecular weight excluding hydrogens is 1450 g/mol. The second-order valence-electron chi connectivity index (χ2n) is 33.5. The molecule has 5 N–H and O–H groups in total. The number of alkyl halides is 3. The van der Waals surface area contributed by atoms with Gasteiger partial charge in [-0.05, 0) is 279 Å². The SMILES string of the molecule is CCN(CC)C(=O)C1CCCN(C)C1.CN1CCC(=O)CC1.CN1CCC(C(=O)O)CC1.CN1CCC(C(=O)c2ccccc2)CC1.CN1CCC(C(F)(F)F)CC1.CN1CCC(C(N)=O)CC1.CN1CCC(N2CCCC2)CC1.CN1CCC2(CC1)OCCO2.CN1CCCC(C(N)=O)C1.COC(=O)C1CN(C)CCC1=O. The third-order valence-corrected chi connectivity index (χ3v) is 24.2. The topological polar surface area (TPSA) is 275 Å². The molecular formula is C84H151F3N14O12. The van der Waals surface area contributed by atoms with E-state index in [0.717, 1.165) is 226 Å². The van der Waals surface area contributed by atoms with E-state index < -0.39 is 30.0 Å². The fraction of sp³-hybridized carbons (Fsp3) is 0.833. The number of rotatable bonds is 10. The average Bonchev–Trinajstić information content (AvgIpc) is 1.71. The lowest BCUT2D eigenvalue weighted by molar-refractivity contribution is -0.184. The molecule has 26 nitrogen and oxygen atoms in total. The highest BCUT2D eigenvalue weighted by Crippen LogP contribution is 2.34. The normalized spacial score (nSPS) is 24.9. The van der Waals surface area contributed by atoms with Crippen LogP contribution in [0.15, 0.2) is 30.3 Å². The van der Waals surface area contributed by atoms with Gasteiger partial charge in [-0.3, -0.25) is 38.4 Å². The van der Waals surface area contributed by atoms with Crippen molar-refractivity contribution in [2.75, 3.05) is 248 Å². The number of nitrogens with zero attached hydrogens (tertiary/aromatic N) is 12. The zero-order valence-corrected chi connectivity index (χ0v) is 71.8. The first-order valence-corrected chi connectivity index (χ1v) is 42.4. The standard InChI is InChI=1S/C13H17NO.C11H22N2O.C10H20N2.C8H13NO3.C8H15NO2.C7H12F3N.2C7H14N2O.C7H13NO2.C6H11NO/c1-14-9-7-12(8-10-14)13(15)11-5-3-2-4-6-11;1-4-13(5-2)11(14)10-7-6-8-12(3)9-10;1-11-8-4-10(5-9-11)12-6-2-3-7-12;1-9-4-3-7(10)6(5-9)8(11)12-2;1-9-4-2-8(3-5-9)10-6-7-11-8;1-11-4-2-6(3-5-11)7(8,9)10;1-9-4-2-6(3-5-9)7(8)10;1-9-4-2-3-6(5-9)7(8)10;1-8-4-2-6(3-5-8)7(9)10;1-7-4-2-6(8)3-5-7/h2-6,12H,7-10H2,1H3;10H,4-9H2,1-3H3;10H,2-9H2,1H3;6H,3-5H2,1-2H3;2-7H2,1H3;6H,2-5H2,1H3;2*6H,2-5H2,1H3,(H2,8,10);6H,2-5H2,1H3,(H,9,10);2-5H2,1H3. The van der Waals surface area contributed by atoms with Crippen LogP contribution in [-0.4, -0.2) is 377 Å². The van der Waals surface area contributed by atoms with Gasteiger partial charge in [0.05, 0.1) is 44.0 Å². The van der Waals surface area contributed by atoms with E-state index in [2.05, 4.69) is 84.1 Å². The van der Waals surface area contributed by atoms with E-state index in [-0.39, 0.29) is 65.8 Å². The first-order chi connectivity index (χ1) is 53.7. The lowest BCUT2D eigenvalue weighted by Crippen LogP contribution is -2.43. The lowest BCUT2D eigenvalue weighted by atomic mass is 9.89. The Hall–Kier alpha value is -5.15. The molecule has 1 aromatic rings. The van der Waals surface area contributed by atoms with Gasteiger partial charge in [0.2, 0.25) is 17.7 Å². The number of hydrogen-bond acceptors (Lipinski definition) is 22. The van der Waals surface area contributed by atoms with Crippen LogP contribution in [0, 0.1) is 41.4 Å². The third kappa shape index (κ3) is 39.8. The van der Waals surface area contributed by atoms with Gasteiger partial charge in [0.15, 0.2) is 11.6 Å². The summed E-state index contributed by atoms with van der Waals surface area (Å²) in [6.45, 7) is 29.2. The number of carbonyl (C=O) groups excluding carboxylic acids is 7. The van der Waals surface area contributed by atoms with Crippen LogP contribution < -0.4 is 11.5 Å². The van der Waals surface area contributed by atoms with Crippen LogP contribution in [0.4, 0.5) is 13.2 Å². The number of esters is 1. The number of primary amides is 2. The molecule has 3 amide bonds. The molecule has 13 rings (SSSR count). The molecule has 12 fully saturated rings. The Labute approximate surface area is 677 Å². The zero-order valence-electron chi connectivity index (χ0n) is 71.8. The van der Waals surface area contributed by atoms with E-state index >= 15 is 0 Å². The van der Waals surface area contributed by atoms with E-state index in [0.29, 0.717) is 43.5 Å². The van der Waals surface area contributed by atoms with Crippen LogP contribution >= 0.6 is 0 Å². The quantitative estimate of drug-likeness (QED) is 0.122. The van der Waals surface area contributed by atoms with Crippen molar-refractivity contribution in [2.45, 2.75) is 167 Å². The number of carbonyl (C=O) groups is 8. The fourth-order valence-electron chi connectivity index (χ4n) is 16.0. The minimum absolute atomic E-state index is 0.0000463. The summed E-state index contributed by atoms with van der Waals surface area (Å²) in [4.78, 5) is 115. The summed E-state index contributed by atoms with van der Waals surface area (Å²) in [5.41, 5.74) is 11.2. The molecule has 1 spiro atoms. The van der Waals surface area contributed by atoms with Gasteiger partial charge in [0, 0.05) is 121 Å². The minimum atomic E-state index is -3.97. The number of aliphatic carboxylic acids is 1. The molecule has 3 unspecified atom stereocenters. The number of benzene rings is 1. The first kappa shape index (κ1) is 100. The Morgan fingerprint density at radius 1 is 0.478 bits per heavy atom. The molecule has 12 saturated heterocycles. The van der Waals surface area contributed by atoms with Crippen molar-refractivity contribution >= 4 is 47.0 Å². The highest BCUT2D eigenvalue weighted by molar-refractivity contribution is 6.00. The number of Topliss-reactive ketones (excluding diaryl/α,β-unsaturated/α-hetero) is 3. The Morgan fingerprint density at radius 3 is 1.29 bits per heavy atom. The predicted octanol–water partition coefficient (Wildman–Crippen LogP) is 6.93. The Morgan fingerprint density at radius 2 is 0.876 bits per heavy atom. The maximum atomic E-state index is 12.1. The number of methoxy groups -OCH3 is 1.